The van der Waals surface area contributed by atoms with Crippen molar-refractivity contribution in [3.05, 3.63) is 29.8 Å². The number of carbonyl (C=O) groups excluding carboxylic acids is 1. The van der Waals surface area contributed by atoms with Crippen LogP contribution in [0.1, 0.15) is 18.4 Å². The molecule has 1 heterocycles. The first-order valence-corrected chi connectivity index (χ1v) is 6.50. The first-order chi connectivity index (χ1) is 9.13. The van der Waals surface area contributed by atoms with Crippen LogP contribution >= 0.6 is 0 Å². The number of hydrogen-bond acceptors (Lipinski definition) is 3. The molecular weight excluding hydrogens is 247 g/mol. The molecule has 0 bridgehead atoms. The quantitative estimate of drug-likeness (QED) is 0.878. The Hall–Kier alpha value is -1.62. The van der Waals surface area contributed by atoms with Gasteiger partial charge in [-0.3, -0.25) is 9.69 Å². The van der Waals surface area contributed by atoms with Crippen LogP contribution < -0.4 is 10.5 Å². The van der Waals surface area contributed by atoms with Crippen LogP contribution in [0.15, 0.2) is 24.3 Å². The van der Waals surface area contributed by atoms with E-state index in [1.807, 2.05) is 18.2 Å². The molecule has 1 saturated heterocycles. The molecule has 0 aromatic heterocycles. The van der Waals surface area contributed by atoms with E-state index in [-0.39, 0.29) is 6.61 Å². The number of piperidine rings is 1. The lowest BCUT2D eigenvalue weighted by molar-refractivity contribution is -0.119. The second kappa shape index (κ2) is 6.52. The van der Waals surface area contributed by atoms with Crippen LogP contribution in [-0.2, 0) is 11.3 Å². The Balaban J connectivity index is 1.89. The van der Waals surface area contributed by atoms with Crippen LogP contribution in [0, 0.1) is 0 Å². The van der Waals surface area contributed by atoms with Crippen molar-refractivity contribution < 1.29 is 13.9 Å². The molecule has 0 atom stereocenters. The zero-order chi connectivity index (χ0) is 13.7. The Labute approximate surface area is 112 Å². The molecular formula is C14H19FN2O2. The molecule has 0 radical (unpaired) electrons. The minimum absolute atomic E-state index is 0.114. The summed E-state index contributed by atoms with van der Waals surface area (Å²) in [5.74, 6) is 0.145. The van der Waals surface area contributed by atoms with Crippen molar-refractivity contribution >= 4 is 5.91 Å². The highest BCUT2D eigenvalue weighted by Gasteiger charge is 2.18. The van der Waals surface area contributed by atoms with E-state index in [9.17, 15) is 9.18 Å². The summed E-state index contributed by atoms with van der Waals surface area (Å²) in [5.41, 5.74) is 6.13. The van der Waals surface area contributed by atoms with Gasteiger partial charge in [-0.05, 0) is 30.5 Å². The van der Waals surface area contributed by atoms with Crippen molar-refractivity contribution in [2.45, 2.75) is 25.6 Å². The maximum atomic E-state index is 13.0. The van der Waals surface area contributed by atoms with Crippen LogP contribution in [0.25, 0.3) is 0 Å². The molecule has 1 amide bonds. The second-order valence-corrected chi connectivity index (χ2v) is 4.85. The molecule has 2 rings (SSSR count). The number of nitrogens with zero attached hydrogens (tertiary/aromatic N) is 1. The molecule has 5 heteroatoms. The predicted octanol–water partition coefficient (Wildman–Crippen LogP) is 1.48. The lowest BCUT2D eigenvalue weighted by Gasteiger charge is -2.28. The first-order valence-electron chi connectivity index (χ1n) is 6.50. The Bertz CT molecular complexity index is 431. The molecule has 0 spiro atoms. The number of carbonyl (C=O) groups is 1. The molecule has 1 aliphatic heterocycles. The van der Waals surface area contributed by atoms with Gasteiger partial charge in [-0.2, -0.15) is 0 Å². The summed E-state index contributed by atoms with van der Waals surface area (Å²) in [6.07, 6.45) is 0.567. The summed E-state index contributed by atoms with van der Waals surface area (Å²) in [6.45, 7) is 2.23. The van der Waals surface area contributed by atoms with Gasteiger partial charge in [0.2, 0.25) is 0 Å². The number of primary amides is 1. The fraction of sp³-hybridized carbons (Fsp3) is 0.500. The third-order valence-corrected chi connectivity index (χ3v) is 3.20. The summed E-state index contributed by atoms with van der Waals surface area (Å²) in [5, 5.41) is 0. The zero-order valence-corrected chi connectivity index (χ0v) is 10.8. The Morgan fingerprint density at radius 3 is 2.84 bits per heavy atom. The first kappa shape index (κ1) is 13.8. The SMILES string of the molecule is NC(=O)COc1cccc(CN2CCC(F)CC2)c1. The minimum atomic E-state index is -0.651. The van der Waals surface area contributed by atoms with Crippen LogP contribution in [0.3, 0.4) is 0 Å². The molecule has 104 valence electrons. The van der Waals surface area contributed by atoms with Crippen molar-refractivity contribution in [2.24, 2.45) is 5.73 Å². The number of hydrogen-bond donors (Lipinski definition) is 1. The van der Waals surface area contributed by atoms with E-state index in [1.54, 1.807) is 6.07 Å². The molecule has 1 aliphatic rings. The second-order valence-electron chi connectivity index (χ2n) is 4.85. The maximum absolute atomic E-state index is 13.0. The van der Waals surface area contributed by atoms with Crippen LogP contribution in [0.4, 0.5) is 4.39 Å². The Morgan fingerprint density at radius 2 is 2.16 bits per heavy atom. The van der Waals surface area contributed by atoms with Gasteiger partial charge in [-0.15, -0.1) is 0 Å². The van der Waals surface area contributed by atoms with Gasteiger partial charge in [-0.25, -0.2) is 4.39 Å². The van der Waals surface area contributed by atoms with Gasteiger partial charge >= 0.3 is 0 Å². The van der Waals surface area contributed by atoms with Gasteiger partial charge in [0.25, 0.3) is 5.91 Å². The van der Waals surface area contributed by atoms with E-state index in [4.69, 9.17) is 10.5 Å². The van der Waals surface area contributed by atoms with Gasteiger partial charge in [-0.1, -0.05) is 12.1 Å². The predicted molar refractivity (Wildman–Crippen MR) is 70.5 cm³/mol. The summed E-state index contributed by atoms with van der Waals surface area (Å²) < 4.78 is 18.3. The van der Waals surface area contributed by atoms with Crippen LogP contribution in [0.2, 0.25) is 0 Å². The molecule has 0 saturated carbocycles. The van der Waals surface area contributed by atoms with Crippen molar-refractivity contribution in [3.8, 4) is 5.75 Å². The van der Waals surface area contributed by atoms with Crippen molar-refractivity contribution in [2.75, 3.05) is 19.7 Å². The highest BCUT2D eigenvalue weighted by molar-refractivity contribution is 5.75. The number of ether oxygens (including phenoxy) is 1. The monoisotopic (exact) mass is 266 g/mol. The molecule has 1 aromatic rings. The molecule has 2 N–H and O–H groups in total. The number of rotatable bonds is 5. The number of amides is 1. The van der Waals surface area contributed by atoms with Gasteiger partial charge < -0.3 is 10.5 Å². The number of nitrogens with two attached hydrogens (primary N) is 1. The number of likely N-dealkylation sites (tertiary alicyclic amines) is 1. The van der Waals surface area contributed by atoms with Gasteiger partial charge in [0.05, 0.1) is 0 Å². The zero-order valence-electron chi connectivity index (χ0n) is 10.8. The van der Waals surface area contributed by atoms with E-state index >= 15 is 0 Å². The van der Waals surface area contributed by atoms with E-state index in [0.29, 0.717) is 18.6 Å². The molecule has 1 aromatic carbocycles. The minimum Gasteiger partial charge on any atom is -0.484 e. The number of halogens is 1. The summed E-state index contributed by atoms with van der Waals surface area (Å²) >= 11 is 0. The number of benzene rings is 1. The van der Waals surface area contributed by atoms with Crippen molar-refractivity contribution in [1.29, 1.82) is 0 Å². The fourth-order valence-electron chi connectivity index (χ4n) is 2.21. The average Bonchev–Trinajstić information content (AvgIpc) is 2.40. The molecule has 19 heavy (non-hydrogen) atoms. The van der Waals surface area contributed by atoms with E-state index in [0.717, 1.165) is 25.2 Å². The topological polar surface area (TPSA) is 55.6 Å². The van der Waals surface area contributed by atoms with Crippen LogP contribution in [-0.4, -0.2) is 36.7 Å². The van der Waals surface area contributed by atoms with Gasteiger partial charge in [0, 0.05) is 19.6 Å². The summed E-state index contributed by atoms with van der Waals surface area (Å²) in [4.78, 5) is 12.9. The van der Waals surface area contributed by atoms with Crippen molar-refractivity contribution in [3.63, 3.8) is 0 Å². The summed E-state index contributed by atoms with van der Waals surface area (Å²) in [6, 6.07) is 7.57. The third-order valence-electron chi connectivity index (χ3n) is 3.20. The molecule has 0 unspecified atom stereocenters. The van der Waals surface area contributed by atoms with E-state index in [1.165, 1.54) is 0 Å². The highest BCUT2D eigenvalue weighted by atomic mass is 19.1. The highest BCUT2D eigenvalue weighted by Crippen LogP contribution is 2.18. The van der Waals surface area contributed by atoms with Gasteiger partial charge in [0.15, 0.2) is 6.61 Å². The Kier molecular flexibility index (Phi) is 4.74. The van der Waals surface area contributed by atoms with Crippen LogP contribution in [0.5, 0.6) is 5.75 Å². The normalized spacial score (nSPS) is 17.3. The lowest BCUT2D eigenvalue weighted by atomic mass is 10.1. The standard InChI is InChI=1S/C14H19FN2O2/c15-12-4-6-17(7-5-12)9-11-2-1-3-13(8-11)19-10-14(16)18/h1-3,8,12H,4-7,9-10H2,(H2,16,18). The Morgan fingerprint density at radius 1 is 1.42 bits per heavy atom. The smallest absolute Gasteiger partial charge is 0.255 e. The summed E-state index contributed by atoms with van der Waals surface area (Å²) in [7, 11) is 0. The van der Waals surface area contributed by atoms with E-state index < -0.39 is 12.1 Å². The maximum Gasteiger partial charge on any atom is 0.255 e. The fourth-order valence-corrected chi connectivity index (χ4v) is 2.21. The third kappa shape index (κ3) is 4.52. The van der Waals surface area contributed by atoms with E-state index in [2.05, 4.69) is 4.90 Å². The molecule has 1 fully saturated rings. The average molecular weight is 266 g/mol. The largest absolute Gasteiger partial charge is 0.484 e. The van der Waals surface area contributed by atoms with Gasteiger partial charge in [0.1, 0.15) is 11.9 Å². The number of alkyl halides is 1. The van der Waals surface area contributed by atoms with Crippen molar-refractivity contribution in [1.82, 2.24) is 4.90 Å². The molecule has 0 aliphatic carbocycles. The molecule has 4 nitrogen and oxygen atoms in total. The lowest BCUT2D eigenvalue weighted by Crippen LogP contribution is -2.33.